The summed E-state index contributed by atoms with van der Waals surface area (Å²) >= 11 is 5.99. The second-order valence-electron chi connectivity index (χ2n) is 7.80. The molecule has 6 heteroatoms. The first kappa shape index (κ1) is 19.8. The summed E-state index contributed by atoms with van der Waals surface area (Å²) < 4.78 is 0. The van der Waals surface area contributed by atoms with Gasteiger partial charge in [-0.25, -0.2) is 0 Å². The summed E-state index contributed by atoms with van der Waals surface area (Å²) in [4.78, 5) is 18.6. The molecule has 4 rings (SSSR count). The molecule has 5 nitrogen and oxygen atoms in total. The van der Waals surface area contributed by atoms with E-state index in [-0.39, 0.29) is 22.7 Å². The topological polar surface area (TPSA) is 68.4 Å². The predicted octanol–water partition coefficient (Wildman–Crippen LogP) is 4.27. The molecular weight excluding hydrogens is 386 g/mol. The fraction of sp³-hybridized carbons (Fsp3) is 0.348. The van der Waals surface area contributed by atoms with Crippen molar-refractivity contribution in [1.29, 1.82) is 0 Å². The number of aryl methyl sites for hydroxylation is 1. The van der Waals surface area contributed by atoms with Crippen LogP contribution in [0.5, 0.6) is 5.75 Å². The molecule has 1 amide bonds. The third-order valence-corrected chi connectivity index (χ3v) is 6.07. The van der Waals surface area contributed by atoms with Crippen LogP contribution in [0, 0.1) is 6.92 Å². The number of likely N-dealkylation sites (tertiary alicyclic amines) is 1. The molecule has 0 saturated carbocycles. The number of phenols is 1. The largest absolute Gasteiger partial charge is 0.506 e. The van der Waals surface area contributed by atoms with Gasteiger partial charge in [0, 0.05) is 42.3 Å². The van der Waals surface area contributed by atoms with Gasteiger partial charge in [0.25, 0.3) is 5.91 Å². The smallest absolute Gasteiger partial charge is 0.253 e. The number of rotatable bonds is 5. The lowest BCUT2D eigenvalue weighted by Crippen LogP contribution is -2.45. The van der Waals surface area contributed by atoms with Crippen LogP contribution in [0.1, 0.15) is 34.5 Å². The van der Waals surface area contributed by atoms with Gasteiger partial charge >= 0.3 is 0 Å². The molecule has 2 heterocycles. The van der Waals surface area contributed by atoms with Gasteiger partial charge in [-0.1, -0.05) is 41.9 Å². The van der Waals surface area contributed by atoms with Gasteiger partial charge in [0.1, 0.15) is 5.75 Å². The molecule has 0 spiro atoms. The number of benzene rings is 2. The molecule has 1 fully saturated rings. The Balaban J connectivity index is 1.35. The van der Waals surface area contributed by atoms with Gasteiger partial charge in [0.2, 0.25) is 0 Å². The number of fused-ring (bicyclic) bond motifs is 1. The number of carbonyl (C=O) groups is 1. The van der Waals surface area contributed by atoms with E-state index in [4.69, 9.17) is 11.6 Å². The SMILES string of the molecule is Cc1[nH]c2cc(Cl)c(O)cc2c1C(=O)NC1CCN(CCc2ccccc2)CC1. The minimum Gasteiger partial charge on any atom is -0.506 e. The second kappa shape index (κ2) is 8.47. The zero-order chi connectivity index (χ0) is 20.4. The van der Waals surface area contributed by atoms with E-state index in [2.05, 4.69) is 39.5 Å². The highest BCUT2D eigenvalue weighted by Gasteiger charge is 2.24. The lowest BCUT2D eigenvalue weighted by molar-refractivity contribution is 0.0912. The summed E-state index contributed by atoms with van der Waals surface area (Å²) in [5.41, 5.74) is 3.48. The fourth-order valence-corrected chi connectivity index (χ4v) is 4.29. The average Bonchev–Trinajstić information content (AvgIpc) is 3.03. The number of nitrogens with zero attached hydrogens (tertiary/aromatic N) is 1. The first-order valence-corrected chi connectivity index (χ1v) is 10.5. The molecule has 0 aliphatic carbocycles. The number of amides is 1. The summed E-state index contributed by atoms with van der Waals surface area (Å²) in [6.45, 7) is 4.89. The number of aromatic nitrogens is 1. The normalized spacial score (nSPS) is 15.7. The molecular formula is C23H26ClN3O2. The third-order valence-electron chi connectivity index (χ3n) is 5.76. The van der Waals surface area contributed by atoms with E-state index >= 15 is 0 Å². The van der Waals surface area contributed by atoms with Gasteiger partial charge in [-0.15, -0.1) is 0 Å². The number of aromatic hydroxyl groups is 1. The Labute approximate surface area is 175 Å². The van der Waals surface area contributed by atoms with Crippen LogP contribution in [-0.4, -0.2) is 46.6 Å². The average molecular weight is 412 g/mol. The monoisotopic (exact) mass is 411 g/mol. The van der Waals surface area contributed by atoms with Crippen LogP contribution in [0.3, 0.4) is 0 Å². The van der Waals surface area contributed by atoms with Crippen molar-refractivity contribution in [2.75, 3.05) is 19.6 Å². The number of aromatic amines is 1. The molecule has 3 N–H and O–H groups in total. The van der Waals surface area contributed by atoms with Crippen molar-refractivity contribution in [3.63, 3.8) is 0 Å². The highest BCUT2D eigenvalue weighted by molar-refractivity contribution is 6.33. The summed E-state index contributed by atoms with van der Waals surface area (Å²) in [7, 11) is 0. The van der Waals surface area contributed by atoms with Crippen LogP contribution >= 0.6 is 11.6 Å². The Kier molecular flexibility index (Phi) is 5.79. The molecule has 1 aromatic heterocycles. The molecule has 1 aliphatic rings. The Hall–Kier alpha value is -2.50. The zero-order valence-corrected chi connectivity index (χ0v) is 17.3. The molecule has 152 valence electrons. The van der Waals surface area contributed by atoms with Crippen LogP contribution in [0.15, 0.2) is 42.5 Å². The van der Waals surface area contributed by atoms with Crippen LogP contribution in [0.4, 0.5) is 0 Å². The van der Waals surface area contributed by atoms with E-state index in [1.807, 2.05) is 13.0 Å². The van der Waals surface area contributed by atoms with E-state index < -0.39 is 0 Å². The van der Waals surface area contributed by atoms with Crippen molar-refractivity contribution in [3.8, 4) is 5.75 Å². The zero-order valence-electron chi connectivity index (χ0n) is 16.5. The van der Waals surface area contributed by atoms with Gasteiger partial charge in [-0.2, -0.15) is 0 Å². The van der Waals surface area contributed by atoms with E-state index in [0.29, 0.717) is 10.9 Å². The quantitative estimate of drug-likeness (QED) is 0.587. The summed E-state index contributed by atoms with van der Waals surface area (Å²) in [6, 6.07) is 13.9. The molecule has 1 saturated heterocycles. The second-order valence-corrected chi connectivity index (χ2v) is 8.21. The molecule has 0 bridgehead atoms. The highest BCUT2D eigenvalue weighted by atomic mass is 35.5. The van der Waals surface area contributed by atoms with Gasteiger partial charge in [0.05, 0.1) is 10.6 Å². The Morgan fingerprint density at radius 2 is 1.97 bits per heavy atom. The predicted molar refractivity (Wildman–Crippen MR) is 117 cm³/mol. The first-order valence-electron chi connectivity index (χ1n) is 10.1. The molecule has 29 heavy (non-hydrogen) atoms. The van der Waals surface area contributed by atoms with Gasteiger partial charge in [-0.3, -0.25) is 4.79 Å². The maximum Gasteiger partial charge on any atom is 0.253 e. The van der Waals surface area contributed by atoms with E-state index in [1.165, 1.54) is 5.56 Å². The summed E-state index contributed by atoms with van der Waals surface area (Å²) in [5.74, 6) is -0.114. The van der Waals surface area contributed by atoms with Crippen LogP contribution < -0.4 is 5.32 Å². The van der Waals surface area contributed by atoms with E-state index in [0.717, 1.165) is 50.1 Å². The number of hydrogen-bond acceptors (Lipinski definition) is 3. The standard InChI is InChI=1S/C23H26ClN3O2/c1-15-22(18-13-21(28)19(24)14-20(18)25-15)23(29)26-17-8-11-27(12-9-17)10-7-16-5-3-2-4-6-16/h2-6,13-14,17,25,28H,7-12H2,1H3,(H,26,29). The van der Waals surface area contributed by atoms with Crippen molar-refractivity contribution in [3.05, 3.63) is 64.3 Å². The van der Waals surface area contributed by atoms with Crippen molar-refractivity contribution in [2.45, 2.75) is 32.2 Å². The fourth-order valence-electron chi connectivity index (χ4n) is 4.12. The van der Waals surface area contributed by atoms with Gasteiger partial charge < -0.3 is 20.3 Å². The summed E-state index contributed by atoms with van der Waals surface area (Å²) in [6.07, 6.45) is 2.94. The van der Waals surface area contributed by atoms with Crippen molar-refractivity contribution in [2.24, 2.45) is 0 Å². The lowest BCUT2D eigenvalue weighted by atomic mass is 10.0. The van der Waals surface area contributed by atoms with Crippen LogP contribution in [0.25, 0.3) is 10.9 Å². The van der Waals surface area contributed by atoms with E-state index in [9.17, 15) is 9.90 Å². The number of hydrogen-bond donors (Lipinski definition) is 3. The van der Waals surface area contributed by atoms with E-state index in [1.54, 1.807) is 12.1 Å². The lowest BCUT2D eigenvalue weighted by Gasteiger charge is -2.32. The van der Waals surface area contributed by atoms with Crippen molar-refractivity contribution < 1.29 is 9.90 Å². The number of nitrogens with one attached hydrogen (secondary N) is 2. The number of phenolic OH excluding ortho intramolecular Hbond substituents is 1. The van der Waals surface area contributed by atoms with Gasteiger partial charge in [-0.05, 0) is 43.9 Å². The number of halogens is 1. The summed E-state index contributed by atoms with van der Waals surface area (Å²) in [5, 5.41) is 14.1. The van der Waals surface area contributed by atoms with Crippen molar-refractivity contribution in [1.82, 2.24) is 15.2 Å². The molecule has 0 atom stereocenters. The van der Waals surface area contributed by atoms with Gasteiger partial charge in [0.15, 0.2) is 0 Å². The minimum absolute atomic E-state index is 0.0149. The maximum atomic E-state index is 12.9. The molecule has 2 aromatic carbocycles. The maximum absolute atomic E-state index is 12.9. The Morgan fingerprint density at radius 1 is 1.24 bits per heavy atom. The number of H-pyrrole nitrogens is 1. The molecule has 0 radical (unpaired) electrons. The number of piperidine rings is 1. The van der Waals surface area contributed by atoms with Crippen LogP contribution in [0.2, 0.25) is 5.02 Å². The molecule has 1 aliphatic heterocycles. The minimum atomic E-state index is -0.0989. The van der Waals surface area contributed by atoms with Crippen molar-refractivity contribution >= 4 is 28.4 Å². The third kappa shape index (κ3) is 4.41. The highest BCUT2D eigenvalue weighted by Crippen LogP contribution is 2.32. The Bertz CT molecular complexity index is 1010. The molecule has 3 aromatic rings. The Morgan fingerprint density at radius 3 is 2.69 bits per heavy atom. The number of carbonyl (C=O) groups excluding carboxylic acids is 1. The molecule has 0 unspecified atom stereocenters. The first-order chi connectivity index (χ1) is 14.0. The van der Waals surface area contributed by atoms with Crippen LogP contribution in [-0.2, 0) is 6.42 Å².